The molecular formula is C22H37IN4OS. The highest BCUT2D eigenvalue weighted by molar-refractivity contribution is 14.0. The predicted molar refractivity (Wildman–Crippen MR) is 135 cm³/mol. The van der Waals surface area contributed by atoms with Gasteiger partial charge in [-0.1, -0.05) is 37.6 Å². The summed E-state index contributed by atoms with van der Waals surface area (Å²) in [6, 6.07) is 9.60. The van der Waals surface area contributed by atoms with Crippen LogP contribution in [0.5, 0.6) is 0 Å². The van der Waals surface area contributed by atoms with Crippen molar-refractivity contribution in [3.8, 4) is 0 Å². The van der Waals surface area contributed by atoms with E-state index in [-0.39, 0.29) is 24.0 Å². The zero-order chi connectivity index (χ0) is 19.9. The zero-order valence-electron chi connectivity index (χ0n) is 18.0. The quantitative estimate of drug-likeness (QED) is 0.336. The first-order valence-electron chi connectivity index (χ1n) is 10.8. The molecule has 0 spiro atoms. The van der Waals surface area contributed by atoms with Crippen LogP contribution < -0.4 is 10.6 Å². The minimum Gasteiger partial charge on any atom is -0.355 e. The fourth-order valence-electron chi connectivity index (χ4n) is 4.41. The third-order valence-electron chi connectivity index (χ3n) is 6.20. The van der Waals surface area contributed by atoms with Gasteiger partial charge in [-0.3, -0.25) is 14.1 Å². The van der Waals surface area contributed by atoms with Gasteiger partial charge in [0.25, 0.3) is 0 Å². The molecule has 29 heavy (non-hydrogen) atoms. The van der Waals surface area contributed by atoms with Crippen LogP contribution in [0, 0.1) is 0 Å². The van der Waals surface area contributed by atoms with Crippen LogP contribution in [0.25, 0.3) is 0 Å². The Kier molecular flexibility index (Phi) is 10.4. The fraction of sp³-hybridized carbons (Fsp3) is 0.682. The normalized spacial score (nSPS) is 24.7. The lowest BCUT2D eigenvalue weighted by Crippen LogP contribution is -2.50. The highest BCUT2D eigenvalue weighted by Gasteiger charge is 2.26. The topological polar surface area (TPSA) is 56.7 Å². The second-order valence-corrected chi connectivity index (χ2v) is 10.1. The van der Waals surface area contributed by atoms with Crippen LogP contribution in [-0.4, -0.2) is 58.3 Å². The molecule has 1 aliphatic heterocycles. The Morgan fingerprint density at radius 3 is 2.79 bits per heavy atom. The van der Waals surface area contributed by atoms with E-state index in [1.54, 1.807) is 0 Å². The number of guanidine groups is 1. The third kappa shape index (κ3) is 6.92. The minimum atomic E-state index is -0.690. The van der Waals surface area contributed by atoms with Crippen molar-refractivity contribution in [1.29, 1.82) is 0 Å². The lowest BCUT2D eigenvalue weighted by Gasteiger charge is -2.34. The van der Waals surface area contributed by atoms with E-state index in [1.165, 1.54) is 11.1 Å². The minimum absolute atomic E-state index is 0. The van der Waals surface area contributed by atoms with E-state index in [9.17, 15) is 4.21 Å². The summed E-state index contributed by atoms with van der Waals surface area (Å²) in [5.74, 6) is 1.64. The van der Waals surface area contributed by atoms with Crippen molar-refractivity contribution in [3.63, 3.8) is 0 Å². The second kappa shape index (κ2) is 12.2. The molecule has 1 aliphatic carbocycles. The molecule has 164 valence electrons. The fourth-order valence-corrected chi connectivity index (χ4v) is 5.75. The number of fused-ring (bicyclic) bond motifs is 1. The first kappa shape index (κ1) is 24.6. The molecule has 0 aromatic heterocycles. The Labute approximate surface area is 196 Å². The molecule has 1 aromatic rings. The largest absolute Gasteiger partial charge is 0.355 e. The maximum absolute atomic E-state index is 12.2. The molecule has 2 aliphatic rings. The lowest BCUT2D eigenvalue weighted by molar-refractivity contribution is 0.191. The molecule has 5 nitrogen and oxygen atoms in total. The van der Waals surface area contributed by atoms with Crippen molar-refractivity contribution >= 4 is 40.7 Å². The summed E-state index contributed by atoms with van der Waals surface area (Å²) in [6.07, 6.45) is 5.49. The number of benzene rings is 1. The number of hydrogen-bond acceptors (Lipinski definition) is 3. The zero-order valence-corrected chi connectivity index (χ0v) is 21.2. The SMILES string of the molecule is CCS(=O)C1CCCC(NC(=NC)NCC(C)N2CCc3ccccc3C2)C1.I. The van der Waals surface area contributed by atoms with Crippen LogP contribution in [-0.2, 0) is 23.8 Å². The Morgan fingerprint density at radius 1 is 1.31 bits per heavy atom. The maximum atomic E-state index is 12.2. The van der Waals surface area contributed by atoms with Crippen molar-refractivity contribution < 1.29 is 4.21 Å². The number of hydrogen-bond donors (Lipinski definition) is 2. The molecule has 2 N–H and O–H groups in total. The molecule has 4 atom stereocenters. The summed E-state index contributed by atoms with van der Waals surface area (Å²) in [6.45, 7) is 7.32. The van der Waals surface area contributed by atoms with Gasteiger partial charge in [0.05, 0.1) is 0 Å². The van der Waals surface area contributed by atoms with E-state index in [4.69, 9.17) is 0 Å². The van der Waals surface area contributed by atoms with E-state index >= 15 is 0 Å². The molecule has 0 amide bonds. The molecule has 4 unspecified atom stereocenters. The Morgan fingerprint density at radius 2 is 2.07 bits per heavy atom. The molecule has 1 heterocycles. The third-order valence-corrected chi connectivity index (χ3v) is 7.94. The van der Waals surface area contributed by atoms with Gasteiger partial charge in [0, 0.05) is 60.6 Å². The van der Waals surface area contributed by atoms with Crippen molar-refractivity contribution in [2.75, 3.05) is 25.9 Å². The predicted octanol–water partition coefficient (Wildman–Crippen LogP) is 3.30. The number of nitrogens with one attached hydrogen (secondary N) is 2. The van der Waals surface area contributed by atoms with Crippen molar-refractivity contribution in [2.45, 2.75) is 69.8 Å². The van der Waals surface area contributed by atoms with E-state index in [0.29, 0.717) is 17.3 Å². The Balaban J connectivity index is 0.00000300. The Hall–Kier alpha value is -0.670. The van der Waals surface area contributed by atoms with Gasteiger partial charge in [-0.15, -0.1) is 24.0 Å². The van der Waals surface area contributed by atoms with Gasteiger partial charge >= 0.3 is 0 Å². The first-order chi connectivity index (χ1) is 13.6. The van der Waals surface area contributed by atoms with Crippen LogP contribution in [0.1, 0.15) is 50.7 Å². The molecule has 1 aromatic carbocycles. The molecule has 1 saturated carbocycles. The lowest BCUT2D eigenvalue weighted by atomic mass is 9.95. The smallest absolute Gasteiger partial charge is 0.191 e. The van der Waals surface area contributed by atoms with Crippen molar-refractivity contribution in [1.82, 2.24) is 15.5 Å². The summed E-state index contributed by atoms with van der Waals surface area (Å²) < 4.78 is 12.2. The molecule has 0 bridgehead atoms. The number of rotatable bonds is 6. The molecule has 7 heteroatoms. The van der Waals surface area contributed by atoms with Crippen molar-refractivity contribution in [3.05, 3.63) is 35.4 Å². The number of nitrogens with zero attached hydrogens (tertiary/aromatic N) is 2. The van der Waals surface area contributed by atoms with Crippen molar-refractivity contribution in [2.24, 2.45) is 4.99 Å². The summed E-state index contributed by atoms with van der Waals surface area (Å²) >= 11 is 0. The molecular weight excluding hydrogens is 495 g/mol. The van der Waals surface area contributed by atoms with Gasteiger partial charge in [-0.2, -0.15) is 0 Å². The van der Waals surface area contributed by atoms with Gasteiger partial charge in [0.15, 0.2) is 5.96 Å². The molecule has 0 radical (unpaired) electrons. The highest BCUT2D eigenvalue weighted by atomic mass is 127. The van der Waals surface area contributed by atoms with Gasteiger partial charge in [-0.25, -0.2) is 0 Å². The number of halogens is 1. The average Bonchev–Trinajstić information content (AvgIpc) is 2.75. The van der Waals surface area contributed by atoms with Crippen LogP contribution in [0.4, 0.5) is 0 Å². The molecule has 1 fully saturated rings. The average molecular weight is 533 g/mol. The van der Waals surface area contributed by atoms with E-state index in [1.807, 2.05) is 14.0 Å². The molecule has 3 rings (SSSR count). The summed E-state index contributed by atoms with van der Waals surface area (Å²) in [5, 5.41) is 7.43. The Bertz CT molecular complexity index is 699. The van der Waals surface area contributed by atoms with Gasteiger partial charge in [-0.05, 0) is 43.7 Å². The van der Waals surface area contributed by atoms with Gasteiger partial charge < -0.3 is 10.6 Å². The van der Waals surface area contributed by atoms with Crippen LogP contribution in [0.2, 0.25) is 0 Å². The molecule has 0 saturated heterocycles. The summed E-state index contributed by atoms with van der Waals surface area (Å²) in [7, 11) is 1.14. The van der Waals surface area contributed by atoms with E-state index in [0.717, 1.165) is 63.5 Å². The summed E-state index contributed by atoms with van der Waals surface area (Å²) in [4.78, 5) is 6.97. The highest BCUT2D eigenvalue weighted by Crippen LogP contribution is 2.23. The van der Waals surface area contributed by atoms with Crippen LogP contribution in [0.15, 0.2) is 29.3 Å². The van der Waals surface area contributed by atoms with Crippen LogP contribution in [0.3, 0.4) is 0 Å². The van der Waals surface area contributed by atoms with Gasteiger partial charge in [0.1, 0.15) is 0 Å². The van der Waals surface area contributed by atoms with Crippen LogP contribution >= 0.6 is 24.0 Å². The van der Waals surface area contributed by atoms with Gasteiger partial charge in [0.2, 0.25) is 0 Å². The first-order valence-corrected chi connectivity index (χ1v) is 12.1. The van der Waals surface area contributed by atoms with E-state index in [2.05, 4.69) is 51.7 Å². The monoisotopic (exact) mass is 532 g/mol. The number of aliphatic imine (C=N–C) groups is 1. The standard InChI is InChI=1S/C22H36N4OS.HI/c1-4-28(27)21-11-7-10-20(14-21)25-22(23-3)24-15-17(2)26-13-12-18-8-5-6-9-19(18)16-26;/h5-6,8-9,17,20-21H,4,7,10-16H2,1-3H3,(H2,23,24,25);1H. The summed E-state index contributed by atoms with van der Waals surface area (Å²) in [5.41, 5.74) is 2.95. The maximum Gasteiger partial charge on any atom is 0.191 e. The second-order valence-electron chi connectivity index (χ2n) is 8.09. The van der Waals surface area contributed by atoms with E-state index < -0.39 is 10.8 Å².